The number of anilines is 1. The van der Waals surface area contributed by atoms with Crippen molar-refractivity contribution >= 4 is 17.4 Å². The first-order valence-electron chi connectivity index (χ1n) is 5.40. The van der Waals surface area contributed by atoms with Crippen LogP contribution in [0.2, 0.25) is 0 Å². The van der Waals surface area contributed by atoms with Crippen molar-refractivity contribution < 1.29 is 23.1 Å². The number of Topliss-reactive ketones (excluding diaryl/α,β-unsaturated/α-hetero) is 1. The largest absolute Gasteiger partial charge is 0.385 e. The zero-order chi connectivity index (χ0) is 13.3. The van der Waals surface area contributed by atoms with Gasteiger partial charge in [0, 0.05) is 26.3 Å². The number of rotatable bonds is 4. The number of fused-ring (bicyclic) bond motifs is 1. The smallest absolute Gasteiger partial charge is 0.299 e. The van der Waals surface area contributed by atoms with Gasteiger partial charge in [0.25, 0.3) is 11.7 Å². The number of methoxy groups -OCH3 is 1. The molecule has 0 aliphatic carbocycles. The van der Waals surface area contributed by atoms with Crippen molar-refractivity contribution in [3.05, 3.63) is 29.3 Å². The fourth-order valence-corrected chi connectivity index (χ4v) is 1.88. The fourth-order valence-electron chi connectivity index (χ4n) is 1.88. The second-order valence-electron chi connectivity index (χ2n) is 3.92. The molecule has 0 aromatic heterocycles. The molecule has 0 N–H and O–H groups in total. The molecule has 1 aromatic rings. The van der Waals surface area contributed by atoms with E-state index in [1.54, 1.807) is 0 Å². The Morgan fingerprint density at radius 3 is 2.56 bits per heavy atom. The lowest BCUT2D eigenvalue weighted by Crippen LogP contribution is -2.31. The molecule has 0 saturated carbocycles. The number of hydrogen-bond donors (Lipinski definition) is 0. The third kappa shape index (κ3) is 1.99. The number of hydrogen-bond acceptors (Lipinski definition) is 3. The van der Waals surface area contributed by atoms with Crippen LogP contribution in [0.3, 0.4) is 0 Å². The molecule has 0 radical (unpaired) electrons. The first-order valence-corrected chi connectivity index (χ1v) is 5.40. The molecule has 6 heteroatoms. The van der Waals surface area contributed by atoms with Gasteiger partial charge >= 0.3 is 0 Å². The molecule has 4 nitrogen and oxygen atoms in total. The Kier molecular flexibility index (Phi) is 3.38. The van der Waals surface area contributed by atoms with Crippen molar-refractivity contribution in [2.24, 2.45) is 0 Å². The average molecular weight is 255 g/mol. The van der Waals surface area contributed by atoms with Crippen LogP contribution in [0.15, 0.2) is 12.1 Å². The second-order valence-corrected chi connectivity index (χ2v) is 3.92. The van der Waals surface area contributed by atoms with Gasteiger partial charge in [-0.2, -0.15) is 0 Å². The van der Waals surface area contributed by atoms with E-state index < -0.39 is 23.3 Å². The van der Waals surface area contributed by atoms with E-state index in [1.165, 1.54) is 7.11 Å². The van der Waals surface area contributed by atoms with Crippen LogP contribution >= 0.6 is 0 Å². The molecule has 1 heterocycles. The lowest BCUT2D eigenvalue weighted by molar-refractivity contribution is -0.114. The van der Waals surface area contributed by atoms with Crippen molar-refractivity contribution in [1.82, 2.24) is 0 Å². The molecular weight excluding hydrogens is 244 g/mol. The zero-order valence-electron chi connectivity index (χ0n) is 9.70. The van der Waals surface area contributed by atoms with E-state index >= 15 is 0 Å². The van der Waals surface area contributed by atoms with E-state index in [0.29, 0.717) is 13.0 Å². The molecule has 96 valence electrons. The van der Waals surface area contributed by atoms with Gasteiger partial charge in [0.2, 0.25) is 0 Å². The van der Waals surface area contributed by atoms with Gasteiger partial charge in [-0.3, -0.25) is 9.59 Å². The Bertz CT molecular complexity index is 516. The summed E-state index contributed by atoms with van der Waals surface area (Å²) in [6.45, 7) is 0.646. The Morgan fingerprint density at radius 2 is 1.89 bits per heavy atom. The highest BCUT2D eigenvalue weighted by molar-refractivity contribution is 6.52. The molecule has 0 saturated heterocycles. The zero-order valence-corrected chi connectivity index (χ0v) is 9.70. The fraction of sp³-hybridized carbons (Fsp3) is 0.333. The van der Waals surface area contributed by atoms with Crippen molar-refractivity contribution in [2.45, 2.75) is 6.42 Å². The molecule has 2 rings (SSSR count). The minimum absolute atomic E-state index is 0.0867. The molecule has 1 aromatic carbocycles. The molecule has 18 heavy (non-hydrogen) atoms. The van der Waals surface area contributed by atoms with Crippen LogP contribution in [0, 0.1) is 11.6 Å². The van der Waals surface area contributed by atoms with Crippen LogP contribution in [0.1, 0.15) is 16.8 Å². The van der Waals surface area contributed by atoms with E-state index in [9.17, 15) is 18.4 Å². The number of halogens is 2. The third-order valence-electron chi connectivity index (χ3n) is 2.74. The van der Waals surface area contributed by atoms with E-state index in [0.717, 1.165) is 17.0 Å². The highest BCUT2D eigenvalue weighted by Crippen LogP contribution is 2.30. The molecule has 0 bridgehead atoms. The van der Waals surface area contributed by atoms with Crippen LogP contribution in [0.5, 0.6) is 0 Å². The average Bonchev–Trinajstić information content (AvgIpc) is 2.56. The van der Waals surface area contributed by atoms with Gasteiger partial charge in [0.15, 0.2) is 11.6 Å². The topological polar surface area (TPSA) is 46.6 Å². The standard InChI is InChI=1S/C12H11F2NO3/c1-18-4-2-3-15-10-6-9(14)8(13)5-7(10)11(16)12(15)17/h5-6H,2-4H2,1H3. The maximum absolute atomic E-state index is 13.1. The van der Waals surface area contributed by atoms with Crippen LogP contribution in [-0.2, 0) is 9.53 Å². The number of ketones is 1. The monoisotopic (exact) mass is 255 g/mol. The first-order chi connectivity index (χ1) is 8.56. The van der Waals surface area contributed by atoms with E-state index in [1.807, 2.05) is 0 Å². The highest BCUT2D eigenvalue weighted by Gasteiger charge is 2.36. The van der Waals surface area contributed by atoms with Crippen LogP contribution in [0.25, 0.3) is 0 Å². The number of ether oxygens (including phenoxy) is 1. The number of nitrogens with zero attached hydrogens (tertiary/aromatic N) is 1. The molecule has 0 atom stereocenters. The summed E-state index contributed by atoms with van der Waals surface area (Å²) in [7, 11) is 1.51. The lowest BCUT2D eigenvalue weighted by Gasteiger charge is -2.16. The van der Waals surface area contributed by atoms with Crippen molar-refractivity contribution in [3.8, 4) is 0 Å². The quantitative estimate of drug-likeness (QED) is 0.605. The molecule has 1 aliphatic heterocycles. The predicted molar refractivity (Wildman–Crippen MR) is 59.5 cm³/mol. The maximum atomic E-state index is 13.1. The van der Waals surface area contributed by atoms with Crippen molar-refractivity contribution in [3.63, 3.8) is 0 Å². The molecule has 0 spiro atoms. The summed E-state index contributed by atoms with van der Waals surface area (Å²) < 4.78 is 31.0. The highest BCUT2D eigenvalue weighted by atomic mass is 19.2. The normalized spacial score (nSPS) is 14.3. The summed E-state index contributed by atoms with van der Waals surface area (Å²) in [6.07, 6.45) is 0.508. The number of carbonyl (C=O) groups is 2. The lowest BCUT2D eigenvalue weighted by atomic mass is 10.1. The minimum Gasteiger partial charge on any atom is -0.385 e. The molecular formula is C12H11F2NO3. The van der Waals surface area contributed by atoms with E-state index in [2.05, 4.69) is 0 Å². The number of amides is 1. The van der Waals surface area contributed by atoms with Gasteiger partial charge in [-0.1, -0.05) is 0 Å². The summed E-state index contributed by atoms with van der Waals surface area (Å²) in [6, 6.07) is 1.64. The molecule has 1 amide bonds. The third-order valence-corrected chi connectivity index (χ3v) is 2.74. The second kappa shape index (κ2) is 4.81. The Morgan fingerprint density at radius 1 is 1.22 bits per heavy atom. The minimum atomic E-state index is -1.13. The summed E-state index contributed by atoms with van der Waals surface area (Å²) >= 11 is 0. The van der Waals surface area contributed by atoms with Gasteiger partial charge in [-0.25, -0.2) is 8.78 Å². The SMILES string of the molecule is COCCCN1C(=O)C(=O)c2cc(F)c(F)cc21. The van der Waals surface area contributed by atoms with E-state index in [-0.39, 0.29) is 17.8 Å². The number of carbonyl (C=O) groups excluding carboxylic acids is 2. The van der Waals surface area contributed by atoms with Gasteiger partial charge in [-0.15, -0.1) is 0 Å². The van der Waals surface area contributed by atoms with Gasteiger partial charge in [0.1, 0.15) is 0 Å². The molecule has 1 aliphatic rings. The van der Waals surface area contributed by atoms with E-state index in [4.69, 9.17) is 4.74 Å². The Balaban J connectivity index is 2.33. The predicted octanol–water partition coefficient (Wildman–Crippen LogP) is 1.53. The van der Waals surface area contributed by atoms with Crippen LogP contribution in [0.4, 0.5) is 14.5 Å². The molecule has 0 unspecified atom stereocenters. The van der Waals surface area contributed by atoms with Crippen molar-refractivity contribution in [2.75, 3.05) is 25.2 Å². The number of benzene rings is 1. The van der Waals surface area contributed by atoms with Gasteiger partial charge in [0.05, 0.1) is 11.3 Å². The summed E-state index contributed by atoms with van der Waals surface area (Å²) in [5.41, 5.74) is 0.0383. The summed E-state index contributed by atoms with van der Waals surface area (Å²) in [4.78, 5) is 24.4. The maximum Gasteiger partial charge on any atom is 0.299 e. The van der Waals surface area contributed by atoms with Gasteiger partial charge in [-0.05, 0) is 12.5 Å². The van der Waals surface area contributed by atoms with Crippen LogP contribution < -0.4 is 4.90 Å². The van der Waals surface area contributed by atoms with Crippen molar-refractivity contribution in [1.29, 1.82) is 0 Å². The Hall–Kier alpha value is -1.82. The Labute approximate surface area is 102 Å². The van der Waals surface area contributed by atoms with Gasteiger partial charge < -0.3 is 9.64 Å². The van der Waals surface area contributed by atoms with Crippen LogP contribution in [-0.4, -0.2) is 32.0 Å². The molecule has 0 fully saturated rings. The summed E-state index contributed by atoms with van der Waals surface area (Å²) in [5.74, 6) is -3.77. The summed E-state index contributed by atoms with van der Waals surface area (Å²) in [5, 5.41) is 0. The first kappa shape index (κ1) is 12.6.